The Morgan fingerprint density at radius 1 is 1.53 bits per heavy atom. The van der Waals surface area contributed by atoms with Crippen molar-refractivity contribution in [2.45, 2.75) is 24.5 Å². The van der Waals surface area contributed by atoms with Crippen LogP contribution in [0.15, 0.2) is 4.99 Å². The number of guanidine groups is 1. The maximum absolute atomic E-state index is 11.6. The first-order valence-electron chi connectivity index (χ1n) is 4.74. The largest absolute Gasteiger partial charge is 0.370 e. The molecule has 0 radical (unpaired) electrons. The molecule has 3 N–H and O–H groups in total. The van der Waals surface area contributed by atoms with Gasteiger partial charge in [0.15, 0.2) is 15.8 Å². The lowest BCUT2D eigenvalue weighted by Gasteiger charge is -2.22. The van der Waals surface area contributed by atoms with Crippen molar-refractivity contribution in [2.75, 3.05) is 19.3 Å². The van der Waals surface area contributed by atoms with Crippen LogP contribution in [0.3, 0.4) is 0 Å². The topological polar surface area (TPSA) is 84.5 Å². The standard InChI is InChI=1S/C8H17N3O2S.HI/c1-10-8(9)11-6-7-4-2-3-5-14(7,12)13;/h7H,2-6H2,1H3,(H3,9,10,11);1H. The van der Waals surface area contributed by atoms with Crippen molar-refractivity contribution in [3.63, 3.8) is 0 Å². The van der Waals surface area contributed by atoms with Crippen LogP contribution in [-0.4, -0.2) is 39.0 Å². The van der Waals surface area contributed by atoms with Crippen molar-refractivity contribution in [2.24, 2.45) is 10.7 Å². The molecule has 1 aliphatic rings. The number of rotatable bonds is 2. The highest BCUT2D eigenvalue weighted by Gasteiger charge is 2.28. The van der Waals surface area contributed by atoms with Crippen LogP contribution in [0.2, 0.25) is 0 Å². The van der Waals surface area contributed by atoms with E-state index in [1.165, 1.54) is 0 Å². The zero-order valence-corrected chi connectivity index (χ0v) is 11.9. The molecule has 0 spiro atoms. The number of halogens is 1. The average molecular weight is 347 g/mol. The van der Waals surface area contributed by atoms with E-state index < -0.39 is 9.84 Å². The van der Waals surface area contributed by atoms with Gasteiger partial charge in [-0.05, 0) is 12.8 Å². The van der Waals surface area contributed by atoms with E-state index in [9.17, 15) is 8.42 Å². The predicted octanol–water partition coefficient (Wildman–Crippen LogP) is 0.106. The third kappa shape index (κ3) is 4.54. The van der Waals surface area contributed by atoms with E-state index in [0.29, 0.717) is 18.3 Å². The maximum Gasteiger partial charge on any atom is 0.188 e. The van der Waals surface area contributed by atoms with Gasteiger partial charge in [0.25, 0.3) is 0 Å². The Kier molecular flexibility index (Phi) is 6.49. The molecule has 0 aliphatic carbocycles. The molecule has 0 aromatic heterocycles. The molecule has 0 aromatic rings. The number of sulfone groups is 1. The van der Waals surface area contributed by atoms with E-state index in [-0.39, 0.29) is 29.2 Å². The first-order chi connectivity index (χ1) is 6.56. The lowest BCUT2D eigenvalue weighted by molar-refractivity contribution is 0.535. The molecule has 1 heterocycles. The van der Waals surface area contributed by atoms with E-state index in [1.54, 1.807) is 7.05 Å². The highest BCUT2D eigenvalue weighted by molar-refractivity contribution is 14.0. The molecule has 1 unspecified atom stereocenters. The molecular weight excluding hydrogens is 329 g/mol. The molecular formula is C8H18IN3O2S. The van der Waals surface area contributed by atoms with Crippen LogP contribution in [0.4, 0.5) is 0 Å². The summed E-state index contributed by atoms with van der Waals surface area (Å²) >= 11 is 0. The second-order valence-electron chi connectivity index (χ2n) is 3.47. The fourth-order valence-electron chi connectivity index (χ4n) is 1.55. The molecule has 0 aromatic carbocycles. The van der Waals surface area contributed by atoms with E-state index >= 15 is 0 Å². The van der Waals surface area contributed by atoms with Crippen LogP contribution in [0.5, 0.6) is 0 Å². The van der Waals surface area contributed by atoms with Crippen LogP contribution in [0.1, 0.15) is 19.3 Å². The van der Waals surface area contributed by atoms with Crippen molar-refractivity contribution in [1.82, 2.24) is 5.32 Å². The van der Waals surface area contributed by atoms with Crippen molar-refractivity contribution in [3.8, 4) is 0 Å². The summed E-state index contributed by atoms with van der Waals surface area (Å²) in [6.07, 6.45) is 2.50. The fourth-order valence-corrected chi connectivity index (χ4v) is 3.35. The van der Waals surface area contributed by atoms with Gasteiger partial charge in [-0.3, -0.25) is 4.99 Å². The quantitative estimate of drug-likeness (QED) is 0.422. The zero-order chi connectivity index (χ0) is 10.6. The van der Waals surface area contributed by atoms with Crippen LogP contribution >= 0.6 is 24.0 Å². The van der Waals surface area contributed by atoms with Crippen LogP contribution < -0.4 is 11.1 Å². The summed E-state index contributed by atoms with van der Waals surface area (Å²) in [6, 6.07) is 0. The molecule has 1 rings (SSSR count). The van der Waals surface area contributed by atoms with Crippen LogP contribution in [0, 0.1) is 0 Å². The number of nitrogens with one attached hydrogen (secondary N) is 1. The van der Waals surface area contributed by atoms with Gasteiger partial charge in [0.2, 0.25) is 0 Å². The summed E-state index contributed by atoms with van der Waals surface area (Å²) in [5, 5.41) is 2.51. The summed E-state index contributed by atoms with van der Waals surface area (Å²) in [6.45, 7) is 0.380. The molecule has 7 heteroatoms. The number of hydrogen-bond acceptors (Lipinski definition) is 3. The lowest BCUT2D eigenvalue weighted by Crippen LogP contribution is -2.42. The molecule has 0 saturated carbocycles. The van der Waals surface area contributed by atoms with Gasteiger partial charge in [-0.2, -0.15) is 0 Å². The van der Waals surface area contributed by atoms with Gasteiger partial charge in [0, 0.05) is 13.6 Å². The van der Waals surface area contributed by atoms with Gasteiger partial charge < -0.3 is 11.1 Å². The predicted molar refractivity (Wildman–Crippen MR) is 72.4 cm³/mol. The minimum absolute atomic E-state index is 0. The summed E-state index contributed by atoms with van der Waals surface area (Å²) in [5.74, 6) is 0.605. The molecule has 5 nitrogen and oxygen atoms in total. The SMILES string of the molecule is CN=C(N)NCC1CCCCS1(=O)=O.I. The Hall–Kier alpha value is -0.0500. The Labute approximate surface area is 108 Å². The zero-order valence-electron chi connectivity index (χ0n) is 8.77. The molecule has 0 amide bonds. The third-order valence-corrected chi connectivity index (χ3v) is 4.74. The lowest BCUT2D eigenvalue weighted by atomic mass is 10.2. The monoisotopic (exact) mass is 347 g/mol. The van der Waals surface area contributed by atoms with Gasteiger partial charge in [-0.25, -0.2) is 8.42 Å². The van der Waals surface area contributed by atoms with Gasteiger partial charge in [-0.1, -0.05) is 6.42 Å². The minimum Gasteiger partial charge on any atom is -0.370 e. The highest BCUT2D eigenvalue weighted by atomic mass is 127. The van der Waals surface area contributed by atoms with Crippen LogP contribution in [0.25, 0.3) is 0 Å². The highest BCUT2D eigenvalue weighted by Crippen LogP contribution is 2.18. The second kappa shape index (κ2) is 6.51. The van der Waals surface area contributed by atoms with E-state index in [1.807, 2.05) is 0 Å². The van der Waals surface area contributed by atoms with Gasteiger partial charge >= 0.3 is 0 Å². The Bertz CT molecular complexity index is 316. The van der Waals surface area contributed by atoms with Crippen molar-refractivity contribution in [1.29, 1.82) is 0 Å². The Morgan fingerprint density at radius 2 is 2.20 bits per heavy atom. The Morgan fingerprint density at radius 3 is 2.73 bits per heavy atom. The van der Waals surface area contributed by atoms with Gasteiger partial charge in [0.05, 0.1) is 11.0 Å². The molecule has 1 aliphatic heterocycles. The van der Waals surface area contributed by atoms with Gasteiger partial charge in [-0.15, -0.1) is 24.0 Å². The summed E-state index contributed by atoms with van der Waals surface area (Å²) < 4.78 is 23.1. The Balaban J connectivity index is 0.00000196. The third-order valence-electron chi connectivity index (χ3n) is 2.46. The maximum atomic E-state index is 11.6. The molecule has 1 fully saturated rings. The minimum atomic E-state index is -2.90. The molecule has 15 heavy (non-hydrogen) atoms. The van der Waals surface area contributed by atoms with E-state index in [4.69, 9.17) is 5.73 Å². The van der Waals surface area contributed by atoms with Crippen molar-refractivity contribution in [3.05, 3.63) is 0 Å². The summed E-state index contributed by atoms with van der Waals surface area (Å²) in [5.41, 5.74) is 5.42. The molecule has 1 atom stereocenters. The first kappa shape index (κ1) is 14.9. The molecule has 0 bridgehead atoms. The average Bonchev–Trinajstić information content (AvgIpc) is 2.15. The number of hydrogen-bond donors (Lipinski definition) is 2. The normalized spacial score (nSPS) is 25.4. The first-order valence-corrected chi connectivity index (χ1v) is 6.45. The number of aliphatic imine (C=N–C) groups is 1. The van der Waals surface area contributed by atoms with Crippen LogP contribution in [-0.2, 0) is 9.84 Å². The van der Waals surface area contributed by atoms with E-state index in [0.717, 1.165) is 19.3 Å². The summed E-state index contributed by atoms with van der Waals surface area (Å²) in [4.78, 5) is 3.71. The number of nitrogens with zero attached hydrogens (tertiary/aromatic N) is 1. The summed E-state index contributed by atoms with van der Waals surface area (Å²) in [7, 11) is -1.33. The number of nitrogens with two attached hydrogens (primary N) is 1. The van der Waals surface area contributed by atoms with E-state index in [2.05, 4.69) is 10.3 Å². The molecule has 90 valence electrons. The smallest absolute Gasteiger partial charge is 0.188 e. The van der Waals surface area contributed by atoms with Crippen molar-refractivity contribution < 1.29 is 8.42 Å². The molecule has 1 saturated heterocycles. The van der Waals surface area contributed by atoms with Crippen molar-refractivity contribution >= 4 is 39.8 Å². The second-order valence-corrected chi connectivity index (χ2v) is 5.88. The van der Waals surface area contributed by atoms with Gasteiger partial charge in [0.1, 0.15) is 0 Å². The fraction of sp³-hybridized carbons (Fsp3) is 0.875.